The van der Waals surface area contributed by atoms with Gasteiger partial charge >= 0.3 is 0 Å². The standard InChI is InChI=1S/C15H16N4O3/c1-8-17-10-5-3-4-9(16)12(10)13(21)19(8)15(2)7-6-11(20)18-14(15)22/h3-5H,6-7,16H2,1-2H3,(H,18,20,22)/i1D3,2D3,3D,4D,5D. The molecule has 0 saturated carbocycles. The quantitative estimate of drug-likeness (QED) is 0.587. The van der Waals surface area contributed by atoms with E-state index in [4.69, 9.17) is 18.1 Å². The first kappa shape index (κ1) is 7.04. The van der Waals surface area contributed by atoms with Crippen LogP contribution < -0.4 is 16.6 Å². The van der Waals surface area contributed by atoms with Crippen LogP contribution in [0.15, 0.2) is 22.9 Å². The van der Waals surface area contributed by atoms with Crippen molar-refractivity contribution in [3.05, 3.63) is 34.3 Å². The summed E-state index contributed by atoms with van der Waals surface area (Å²) in [5.41, 5.74) is 0.360. The zero-order valence-corrected chi connectivity index (χ0v) is 11.1. The third-order valence-electron chi connectivity index (χ3n) is 3.45. The van der Waals surface area contributed by atoms with E-state index in [0.717, 1.165) is 0 Å². The molecule has 1 aliphatic rings. The lowest BCUT2D eigenvalue weighted by Gasteiger charge is -2.34. The Morgan fingerprint density at radius 2 is 2.27 bits per heavy atom. The van der Waals surface area contributed by atoms with Crippen molar-refractivity contribution in [3.63, 3.8) is 0 Å². The minimum absolute atomic E-state index is 0.190. The molecule has 0 spiro atoms. The molecule has 3 N–H and O–H groups in total. The number of carbonyl (C=O) groups is 2. The molecule has 0 aliphatic carbocycles. The van der Waals surface area contributed by atoms with Gasteiger partial charge in [-0.1, -0.05) is 6.04 Å². The van der Waals surface area contributed by atoms with Crippen molar-refractivity contribution in [1.82, 2.24) is 14.9 Å². The second-order valence-corrected chi connectivity index (χ2v) is 4.83. The average molecular weight is 309 g/mol. The van der Waals surface area contributed by atoms with Crippen LogP contribution in [0.4, 0.5) is 5.69 Å². The van der Waals surface area contributed by atoms with E-state index in [-0.39, 0.29) is 4.57 Å². The lowest BCUT2D eigenvalue weighted by molar-refractivity contribution is -0.140. The summed E-state index contributed by atoms with van der Waals surface area (Å²) in [5, 5.41) is 1.17. The van der Waals surface area contributed by atoms with Gasteiger partial charge in [-0.25, -0.2) is 4.98 Å². The number of imide groups is 1. The van der Waals surface area contributed by atoms with Crippen molar-refractivity contribution >= 4 is 28.4 Å². The van der Waals surface area contributed by atoms with Gasteiger partial charge in [0.15, 0.2) is 0 Å². The molecule has 1 aliphatic heterocycles. The fraction of sp³-hybridized carbons (Fsp3) is 0.333. The van der Waals surface area contributed by atoms with E-state index < -0.39 is 90.0 Å². The third-order valence-corrected chi connectivity index (χ3v) is 3.45. The average Bonchev–Trinajstić information content (AvgIpc) is 2.63. The highest BCUT2D eigenvalue weighted by atomic mass is 16.2. The molecule has 2 aromatic rings. The molecule has 0 bridgehead atoms. The molecule has 7 heteroatoms. The number of hydrogen-bond acceptors (Lipinski definition) is 5. The van der Waals surface area contributed by atoms with Gasteiger partial charge in [-0.15, -0.1) is 0 Å². The zero-order chi connectivity index (χ0) is 23.7. The van der Waals surface area contributed by atoms with Crippen molar-refractivity contribution in [2.24, 2.45) is 0 Å². The van der Waals surface area contributed by atoms with E-state index in [0.29, 0.717) is 0 Å². The van der Waals surface area contributed by atoms with Crippen LogP contribution in [0.25, 0.3) is 10.9 Å². The highest BCUT2D eigenvalue weighted by Gasteiger charge is 2.42. The van der Waals surface area contributed by atoms with Crippen molar-refractivity contribution in [1.29, 1.82) is 0 Å². The van der Waals surface area contributed by atoms with Crippen molar-refractivity contribution in [3.8, 4) is 0 Å². The van der Waals surface area contributed by atoms with E-state index >= 15 is 0 Å². The van der Waals surface area contributed by atoms with Gasteiger partial charge in [-0.2, -0.15) is 0 Å². The van der Waals surface area contributed by atoms with Crippen LogP contribution in [-0.2, 0) is 15.1 Å². The fourth-order valence-corrected chi connectivity index (χ4v) is 2.34. The molecule has 0 radical (unpaired) electrons. The Morgan fingerprint density at radius 1 is 1.45 bits per heavy atom. The van der Waals surface area contributed by atoms with Gasteiger partial charge in [-0.3, -0.25) is 24.3 Å². The maximum atomic E-state index is 13.5. The fourth-order valence-electron chi connectivity index (χ4n) is 2.34. The molecular formula is C15H16N4O3. The first-order chi connectivity index (χ1) is 14.1. The second kappa shape index (κ2) is 4.66. The molecule has 1 atom stereocenters. The topological polar surface area (TPSA) is 107 Å². The van der Waals surface area contributed by atoms with Crippen LogP contribution in [0.2, 0.25) is 0 Å². The van der Waals surface area contributed by atoms with Crippen molar-refractivity contribution in [2.45, 2.75) is 32.1 Å². The molecule has 7 nitrogen and oxygen atoms in total. The maximum absolute atomic E-state index is 13.5. The van der Waals surface area contributed by atoms with Crippen LogP contribution in [0, 0.1) is 6.85 Å². The van der Waals surface area contributed by atoms with Gasteiger partial charge in [0.05, 0.1) is 15.0 Å². The summed E-state index contributed by atoms with van der Waals surface area (Å²) in [4.78, 5) is 41.7. The van der Waals surface area contributed by atoms with Crippen LogP contribution in [-0.4, -0.2) is 21.4 Å². The Balaban J connectivity index is 2.63. The molecule has 1 aromatic carbocycles. The lowest BCUT2D eigenvalue weighted by Crippen LogP contribution is -2.56. The second-order valence-electron chi connectivity index (χ2n) is 4.83. The third kappa shape index (κ3) is 1.89. The van der Waals surface area contributed by atoms with Gasteiger partial charge in [0.2, 0.25) is 5.91 Å². The number of nitrogens with one attached hydrogen (secondary N) is 1. The molecule has 1 aromatic heterocycles. The Morgan fingerprint density at radius 3 is 2.95 bits per heavy atom. The number of rotatable bonds is 1. The number of anilines is 1. The number of nitrogens with two attached hydrogens (primary N) is 1. The number of aryl methyl sites for hydroxylation is 1. The van der Waals surface area contributed by atoms with Gasteiger partial charge < -0.3 is 5.73 Å². The Bertz CT molecular complexity index is 1200. The normalized spacial score (nSPS) is 29.0. The molecule has 2 heterocycles. The van der Waals surface area contributed by atoms with Gasteiger partial charge in [0.25, 0.3) is 11.5 Å². The summed E-state index contributed by atoms with van der Waals surface area (Å²) < 4.78 is 70.9. The number of aromatic nitrogens is 2. The first-order valence-corrected chi connectivity index (χ1v) is 6.23. The van der Waals surface area contributed by atoms with Crippen LogP contribution in [0.1, 0.15) is 37.9 Å². The SMILES string of the molecule is [2H]c1c([2H])c(N)c2c(=O)n(C3(C([2H])([2H])[2H])CCC(=O)NC3=O)c(C([2H])([2H])[2H])nc2c1[2H]. The summed E-state index contributed by atoms with van der Waals surface area (Å²) >= 11 is 0. The van der Waals surface area contributed by atoms with Gasteiger partial charge in [-0.05, 0) is 32.2 Å². The Kier molecular flexibility index (Phi) is 1.49. The molecule has 2 amide bonds. The van der Waals surface area contributed by atoms with Crippen LogP contribution >= 0.6 is 0 Å². The summed E-state index contributed by atoms with van der Waals surface area (Å²) in [7, 11) is 0. The van der Waals surface area contributed by atoms with Crippen molar-refractivity contribution < 1.29 is 21.9 Å². The van der Waals surface area contributed by atoms with E-state index in [1.165, 1.54) is 0 Å². The van der Waals surface area contributed by atoms with Gasteiger partial charge in [0, 0.05) is 20.3 Å². The first-order valence-electron chi connectivity index (χ1n) is 10.7. The highest BCUT2D eigenvalue weighted by molar-refractivity contribution is 6.01. The summed E-state index contributed by atoms with van der Waals surface area (Å²) in [6, 6.07) is -2.18. The number of nitrogens with zero attached hydrogens (tertiary/aromatic N) is 2. The summed E-state index contributed by atoms with van der Waals surface area (Å²) in [5.74, 6) is -3.33. The molecule has 22 heavy (non-hydrogen) atoms. The smallest absolute Gasteiger partial charge is 0.264 e. The lowest BCUT2D eigenvalue weighted by atomic mass is 9.90. The molecule has 3 rings (SSSR count). The monoisotopic (exact) mass is 309 g/mol. The summed E-state index contributed by atoms with van der Waals surface area (Å²) in [6.07, 6.45) is -1.22. The van der Waals surface area contributed by atoms with E-state index in [1.807, 2.05) is 5.32 Å². The minimum Gasteiger partial charge on any atom is -0.398 e. The van der Waals surface area contributed by atoms with E-state index in [9.17, 15) is 14.4 Å². The number of nitrogen functional groups attached to an aromatic ring is 1. The molecule has 114 valence electrons. The maximum Gasteiger partial charge on any atom is 0.264 e. The Labute approximate surface area is 138 Å². The number of carbonyl (C=O) groups excluding carboxylic acids is 2. The number of fused-ring (bicyclic) bond motifs is 1. The summed E-state index contributed by atoms with van der Waals surface area (Å²) in [6.45, 7) is -6.52. The zero-order valence-electron chi connectivity index (χ0n) is 20.1. The van der Waals surface area contributed by atoms with Crippen LogP contribution in [0.5, 0.6) is 0 Å². The predicted molar refractivity (Wildman–Crippen MR) is 81.2 cm³/mol. The number of piperidine rings is 1. The number of benzene rings is 1. The molecule has 1 fully saturated rings. The predicted octanol–water partition coefficient (Wildman–Crippen LogP) is 0.439. The Hall–Kier alpha value is -2.70. The largest absolute Gasteiger partial charge is 0.398 e. The molecule has 1 saturated heterocycles. The van der Waals surface area contributed by atoms with Gasteiger partial charge in [0.1, 0.15) is 11.4 Å². The van der Waals surface area contributed by atoms with Crippen LogP contribution in [0.3, 0.4) is 0 Å². The minimum atomic E-state index is -3.30. The molecular weight excluding hydrogens is 284 g/mol. The van der Waals surface area contributed by atoms with Crippen molar-refractivity contribution in [2.75, 3.05) is 5.73 Å². The molecule has 1 unspecified atom stereocenters. The number of hydrogen-bond donors (Lipinski definition) is 2. The number of amides is 2. The highest BCUT2D eigenvalue weighted by Crippen LogP contribution is 2.27. The van der Waals surface area contributed by atoms with E-state index in [1.54, 1.807) is 0 Å². The van der Waals surface area contributed by atoms with E-state index in [2.05, 4.69) is 4.98 Å².